The summed E-state index contributed by atoms with van der Waals surface area (Å²) in [6, 6.07) is 9.67. The van der Waals surface area contributed by atoms with Crippen LogP contribution in [0, 0.1) is 5.82 Å². The smallest absolute Gasteiger partial charge is 0.226 e. The predicted molar refractivity (Wildman–Crippen MR) is 99.4 cm³/mol. The second-order valence-electron chi connectivity index (χ2n) is 5.62. The molecule has 136 valence electrons. The van der Waals surface area contributed by atoms with Crippen molar-refractivity contribution < 1.29 is 13.2 Å². The largest absolute Gasteiger partial charge is 0.461 e. The Morgan fingerprint density at radius 2 is 2.00 bits per heavy atom. The van der Waals surface area contributed by atoms with Crippen LogP contribution < -0.4 is 0 Å². The SMILES string of the molecule is C=CCn1c(SCc2coc(-c3ccc(F)cc3)n2)nnc1-c1ccco1. The van der Waals surface area contributed by atoms with Gasteiger partial charge in [-0.2, -0.15) is 0 Å². The second kappa shape index (κ2) is 7.63. The van der Waals surface area contributed by atoms with Crippen LogP contribution in [-0.2, 0) is 12.3 Å². The van der Waals surface area contributed by atoms with Gasteiger partial charge in [-0.05, 0) is 36.4 Å². The number of furan rings is 1. The van der Waals surface area contributed by atoms with E-state index >= 15 is 0 Å². The minimum Gasteiger partial charge on any atom is -0.461 e. The molecule has 4 aromatic rings. The highest BCUT2D eigenvalue weighted by atomic mass is 32.2. The molecule has 0 radical (unpaired) electrons. The summed E-state index contributed by atoms with van der Waals surface area (Å²) in [5.41, 5.74) is 1.48. The van der Waals surface area contributed by atoms with Gasteiger partial charge in [0.25, 0.3) is 0 Å². The molecule has 0 amide bonds. The maximum atomic E-state index is 13.0. The zero-order valence-electron chi connectivity index (χ0n) is 14.2. The van der Waals surface area contributed by atoms with Gasteiger partial charge < -0.3 is 8.83 Å². The van der Waals surface area contributed by atoms with Gasteiger partial charge in [-0.1, -0.05) is 17.8 Å². The van der Waals surface area contributed by atoms with Crippen LogP contribution in [0.5, 0.6) is 0 Å². The van der Waals surface area contributed by atoms with Crippen LogP contribution in [0.4, 0.5) is 4.39 Å². The van der Waals surface area contributed by atoms with Gasteiger partial charge >= 0.3 is 0 Å². The highest BCUT2D eigenvalue weighted by molar-refractivity contribution is 7.98. The summed E-state index contributed by atoms with van der Waals surface area (Å²) < 4.78 is 25.9. The summed E-state index contributed by atoms with van der Waals surface area (Å²) in [5.74, 6) is 2.01. The molecule has 0 bridgehead atoms. The van der Waals surface area contributed by atoms with Gasteiger partial charge in [-0.3, -0.25) is 4.57 Å². The summed E-state index contributed by atoms with van der Waals surface area (Å²) in [4.78, 5) is 4.45. The second-order valence-corrected chi connectivity index (χ2v) is 6.56. The van der Waals surface area contributed by atoms with Crippen molar-refractivity contribution in [3.05, 3.63) is 73.1 Å². The Balaban J connectivity index is 1.51. The first-order valence-electron chi connectivity index (χ1n) is 8.15. The minimum atomic E-state index is -0.296. The predicted octanol–water partition coefficient (Wildman–Crippen LogP) is 4.81. The van der Waals surface area contributed by atoms with Crippen LogP contribution in [0.1, 0.15) is 5.69 Å². The first kappa shape index (κ1) is 17.3. The summed E-state index contributed by atoms with van der Waals surface area (Å²) >= 11 is 1.49. The number of oxazole rings is 1. The maximum absolute atomic E-state index is 13.0. The van der Waals surface area contributed by atoms with Gasteiger partial charge in [-0.25, -0.2) is 9.37 Å². The molecule has 0 aliphatic heterocycles. The summed E-state index contributed by atoms with van der Waals surface area (Å²) in [7, 11) is 0. The third-order valence-corrected chi connectivity index (χ3v) is 4.76. The zero-order valence-corrected chi connectivity index (χ0v) is 15.0. The average molecular weight is 382 g/mol. The molecule has 0 saturated heterocycles. The van der Waals surface area contributed by atoms with E-state index in [1.807, 2.05) is 10.6 Å². The van der Waals surface area contributed by atoms with Gasteiger partial charge in [0.05, 0.1) is 12.0 Å². The number of nitrogens with zero attached hydrogens (tertiary/aromatic N) is 4. The van der Waals surface area contributed by atoms with Crippen molar-refractivity contribution >= 4 is 11.8 Å². The van der Waals surface area contributed by atoms with Crippen LogP contribution in [0.2, 0.25) is 0 Å². The quantitative estimate of drug-likeness (QED) is 0.337. The summed E-state index contributed by atoms with van der Waals surface area (Å²) in [6.07, 6.45) is 4.97. The van der Waals surface area contributed by atoms with E-state index in [4.69, 9.17) is 8.83 Å². The highest BCUT2D eigenvalue weighted by Crippen LogP contribution is 2.27. The number of hydrogen-bond acceptors (Lipinski definition) is 6. The van der Waals surface area contributed by atoms with Crippen LogP contribution in [0.3, 0.4) is 0 Å². The lowest BCUT2D eigenvalue weighted by Crippen LogP contribution is -2.00. The molecular formula is C19H15FN4O2S. The topological polar surface area (TPSA) is 69.9 Å². The molecule has 0 aliphatic carbocycles. The Bertz CT molecular complexity index is 1040. The molecule has 0 aliphatic rings. The fourth-order valence-corrected chi connectivity index (χ4v) is 3.34. The van der Waals surface area contributed by atoms with Gasteiger partial charge in [0.1, 0.15) is 12.1 Å². The summed E-state index contributed by atoms with van der Waals surface area (Å²) in [5, 5.41) is 9.20. The number of benzene rings is 1. The van der Waals surface area contributed by atoms with E-state index in [0.717, 1.165) is 16.4 Å². The van der Waals surface area contributed by atoms with Crippen molar-refractivity contribution in [2.75, 3.05) is 0 Å². The van der Waals surface area contributed by atoms with Crippen LogP contribution in [-0.4, -0.2) is 19.7 Å². The molecule has 0 N–H and O–H groups in total. The Kier molecular flexibility index (Phi) is 4.88. The third kappa shape index (κ3) is 3.70. The molecule has 1 aromatic carbocycles. The number of thioether (sulfide) groups is 1. The van der Waals surface area contributed by atoms with Gasteiger partial charge in [0, 0.05) is 17.9 Å². The van der Waals surface area contributed by atoms with E-state index in [9.17, 15) is 4.39 Å². The van der Waals surface area contributed by atoms with Crippen LogP contribution >= 0.6 is 11.8 Å². The van der Waals surface area contributed by atoms with E-state index < -0.39 is 0 Å². The molecule has 8 heteroatoms. The van der Waals surface area contributed by atoms with E-state index in [0.29, 0.717) is 29.8 Å². The van der Waals surface area contributed by atoms with Crippen LogP contribution in [0.15, 0.2) is 75.6 Å². The number of aromatic nitrogens is 4. The Morgan fingerprint density at radius 3 is 2.74 bits per heavy atom. The molecule has 0 unspecified atom stereocenters. The van der Waals surface area contributed by atoms with Crippen molar-refractivity contribution in [2.24, 2.45) is 0 Å². The Hall–Kier alpha value is -3.13. The Labute approximate surface area is 158 Å². The maximum Gasteiger partial charge on any atom is 0.226 e. The van der Waals surface area contributed by atoms with Crippen molar-refractivity contribution in [2.45, 2.75) is 17.5 Å². The third-order valence-electron chi connectivity index (χ3n) is 3.76. The van der Waals surface area contributed by atoms with Crippen molar-refractivity contribution in [3.8, 4) is 23.0 Å². The monoisotopic (exact) mass is 382 g/mol. The molecule has 0 fully saturated rings. The normalized spacial score (nSPS) is 11.0. The van der Waals surface area contributed by atoms with Gasteiger partial charge in [0.15, 0.2) is 10.9 Å². The first-order chi connectivity index (χ1) is 13.2. The summed E-state index contributed by atoms with van der Waals surface area (Å²) in [6.45, 7) is 4.35. The number of allylic oxidation sites excluding steroid dienone is 1. The average Bonchev–Trinajstić information content (AvgIpc) is 3.42. The molecule has 6 nitrogen and oxygen atoms in total. The highest BCUT2D eigenvalue weighted by Gasteiger charge is 2.16. The van der Waals surface area contributed by atoms with Gasteiger partial charge in [-0.15, -0.1) is 16.8 Å². The number of rotatable bonds is 7. The number of hydrogen-bond donors (Lipinski definition) is 0. The number of halogens is 1. The van der Waals surface area contributed by atoms with Crippen molar-refractivity contribution in [1.82, 2.24) is 19.7 Å². The molecular weight excluding hydrogens is 367 g/mol. The molecule has 27 heavy (non-hydrogen) atoms. The van der Waals surface area contributed by atoms with Crippen molar-refractivity contribution in [3.63, 3.8) is 0 Å². The van der Waals surface area contributed by atoms with E-state index in [-0.39, 0.29) is 5.82 Å². The zero-order chi connectivity index (χ0) is 18.6. The standard InChI is InChI=1S/C19H15FN4O2S/c1-2-9-24-17(16-4-3-10-25-16)22-23-19(24)27-12-15-11-26-18(21-15)13-5-7-14(20)8-6-13/h2-8,10-11H,1,9,12H2. The van der Waals surface area contributed by atoms with E-state index in [1.165, 1.54) is 23.9 Å². The molecule has 4 rings (SSSR count). The molecule has 3 aromatic heterocycles. The lowest BCUT2D eigenvalue weighted by molar-refractivity contribution is 0.569. The first-order valence-corrected chi connectivity index (χ1v) is 9.14. The fourth-order valence-electron chi connectivity index (χ4n) is 2.51. The van der Waals surface area contributed by atoms with E-state index in [2.05, 4.69) is 21.8 Å². The lowest BCUT2D eigenvalue weighted by atomic mass is 10.2. The molecule has 0 saturated carbocycles. The Morgan fingerprint density at radius 1 is 1.15 bits per heavy atom. The van der Waals surface area contributed by atoms with Gasteiger partial charge in [0.2, 0.25) is 11.7 Å². The fraction of sp³-hybridized carbons (Fsp3) is 0.105. The molecule has 3 heterocycles. The molecule has 0 spiro atoms. The lowest BCUT2D eigenvalue weighted by Gasteiger charge is -2.05. The molecule has 0 atom stereocenters. The van der Waals surface area contributed by atoms with Crippen molar-refractivity contribution in [1.29, 1.82) is 0 Å². The van der Waals surface area contributed by atoms with E-state index in [1.54, 1.807) is 36.8 Å². The van der Waals surface area contributed by atoms with Crippen LogP contribution in [0.25, 0.3) is 23.0 Å². The minimum absolute atomic E-state index is 0.296.